The van der Waals surface area contributed by atoms with Gasteiger partial charge in [0.1, 0.15) is 0 Å². The molecule has 128 valence electrons. The number of benzene rings is 2. The molecule has 0 aliphatic rings. The van der Waals surface area contributed by atoms with Gasteiger partial charge in [0.25, 0.3) is 0 Å². The number of esters is 1. The van der Waals surface area contributed by atoms with Gasteiger partial charge >= 0.3 is 5.97 Å². The minimum Gasteiger partial charge on any atom is -0.462 e. The summed E-state index contributed by atoms with van der Waals surface area (Å²) in [5.41, 5.74) is 0.901. The van der Waals surface area contributed by atoms with Crippen LogP contribution in [-0.2, 0) is 20.5 Å². The maximum atomic E-state index is 12.3. The fourth-order valence-electron chi connectivity index (χ4n) is 1.96. The summed E-state index contributed by atoms with van der Waals surface area (Å²) in [4.78, 5) is 11.6. The highest BCUT2D eigenvalue weighted by Gasteiger charge is 2.17. The molecular weight excluding hydrogens is 373 g/mol. The third-order valence-corrected chi connectivity index (χ3v) is 4.95. The van der Waals surface area contributed by atoms with E-state index in [0.29, 0.717) is 10.6 Å². The molecule has 24 heavy (non-hydrogen) atoms. The van der Waals surface area contributed by atoms with Crippen LogP contribution in [0.25, 0.3) is 0 Å². The molecule has 0 unspecified atom stereocenters. The number of hydrogen-bond acceptors (Lipinski definition) is 4. The molecule has 0 saturated heterocycles. The van der Waals surface area contributed by atoms with Crippen LogP contribution < -0.4 is 4.72 Å². The Hall–Kier alpha value is -1.76. The molecule has 0 radical (unpaired) electrons. The van der Waals surface area contributed by atoms with Crippen LogP contribution in [0.4, 0.5) is 5.69 Å². The summed E-state index contributed by atoms with van der Waals surface area (Å²) in [6.45, 7) is 1.93. The van der Waals surface area contributed by atoms with E-state index in [1.807, 2.05) is 0 Å². The molecule has 5 nitrogen and oxygen atoms in total. The first-order valence-corrected chi connectivity index (χ1v) is 9.44. The monoisotopic (exact) mass is 387 g/mol. The molecule has 0 heterocycles. The smallest absolute Gasteiger partial charge is 0.338 e. The summed E-state index contributed by atoms with van der Waals surface area (Å²) >= 11 is 12.0. The third-order valence-electron chi connectivity index (χ3n) is 3.05. The van der Waals surface area contributed by atoms with Gasteiger partial charge in [-0.1, -0.05) is 41.4 Å². The lowest BCUT2D eigenvalue weighted by molar-refractivity contribution is 0.0526. The average Bonchev–Trinajstić information content (AvgIpc) is 2.51. The van der Waals surface area contributed by atoms with Crippen molar-refractivity contribution in [3.8, 4) is 0 Å². The Morgan fingerprint density at radius 3 is 2.46 bits per heavy atom. The van der Waals surface area contributed by atoms with Crippen molar-refractivity contribution in [1.82, 2.24) is 0 Å². The van der Waals surface area contributed by atoms with E-state index in [0.717, 1.165) is 0 Å². The van der Waals surface area contributed by atoms with Crippen molar-refractivity contribution in [2.45, 2.75) is 12.7 Å². The number of nitrogens with one attached hydrogen (secondary N) is 1. The summed E-state index contributed by atoms with van der Waals surface area (Å²) in [7, 11) is -3.71. The minimum atomic E-state index is -3.71. The maximum Gasteiger partial charge on any atom is 0.338 e. The van der Waals surface area contributed by atoms with E-state index in [2.05, 4.69) is 4.72 Å². The summed E-state index contributed by atoms with van der Waals surface area (Å²) in [6, 6.07) is 10.9. The van der Waals surface area contributed by atoms with E-state index in [9.17, 15) is 13.2 Å². The Morgan fingerprint density at radius 2 is 1.83 bits per heavy atom. The second kappa shape index (κ2) is 7.88. The van der Waals surface area contributed by atoms with E-state index in [4.69, 9.17) is 27.9 Å². The van der Waals surface area contributed by atoms with Gasteiger partial charge in [-0.25, -0.2) is 13.2 Å². The van der Waals surface area contributed by atoms with Crippen LogP contribution in [0.5, 0.6) is 0 Å². The highest BCUT2D eigenvalue weighted by Crippen LogP contribution is 2.26. The second-order valence-electron chi connectivity index (χ2n) is 4.87. The molecule has 0 atom stereocenters. The van der Waals surface area contributed by atoms with Crippen LogP contribution in [0.1, 0.15) is 22.8 Å². The first kappa shape index (κ1) is 18.6. The Morgan fingerprint density at radius 1 is 1.12 bits per heavy atom. The van der Waals surface area contributed by atoms with Crippen molar-refractivity contribution in [3.05, 3.63) is 63.6 Å². The third kappa shape index (κ3) is 4.87. The van der Waals surface area contributed by atoms with Gasteiger partial charge in [-0.3, -0.25) is 4.72 Å². The van der Waals surface area contributed by atoms with Crippen molar-refractivity contribution < 1.29 is 17.9 Å². The highest BCUT2D eigenvalue weighted by molar-refractivity contribution is 7.91. The SMILES string of the molecule is CCOC(=O)c1ccc(NS(=O)(=O)Cc2ccccc2Cl)c(Cl)c1. The lowest BCUT2D eigenvalue weighted by Crippen LogP contribution is -2.16. The summed E-state index contributed by atoms with van der Waals surface area (Å²) in [5, 5.41) is 0.468. The van der Waals surface area contributed by atoms with Crippen molar-refractivity contribution in [2.24, 2.45) is 0 Å². The zero-order valence-electron chi connectivity index (χ0n) is 12.8. The van der Waals surface area contributed by atoms with Crippen LogP contribution in [0.3, 0.4) is 0 Å². The van der Waals surface area contributed by atoms with Gasteiger partial charge in [0, 0.05) is 5.02 Å². The predicted octanol–water partition coefficient (Wildman–Crippen LogP) is 4.11. The Kier molecular flexibility index (Phi) is 6.10. The van der Waals surface area contributed by atoms with Gasteiger partial charge in [-0.15, -0.1) is 0 Å². The molecule has 1 N–H and O–H groups in total. The largest absolute Gasteiger partial charge is 0.462 e. The quantitative estimate of drug-likeness (QED) is 0.756. The van der Waals surface area contributed by atoms with Crippen LogP contribution in [0.15, 0.2) is 42.5 Å². The van der Waals surface area contributed by atoms with Crippen LogP contribution in [0.2, 0.25) is 10.0 Å². The number of carbonyl (C=O) groups excluding carboxylic acids is 1. The van der Waals surface area contributed by atoms with Crippen LogP contribution in [-0.4, -0.2) is 21.0 Å². The van der Waals surface area contributed by atoms with E-state index in [-0.39, 0.29) is 28.6 Å². The fourth-order valence-corrected chi connectivity index (χ4v) is 3.78. The molecule has 0 fully saturated rings. The average molecular weight is 388 g/mol. The van der Waals surface area contributed by atoms with E-state index >= 15 is 0 Å². The molecular formula is C16H15Cl2NO4S. The van der Waals surface area contributed by atoms with Gasteiger partial charge in [0.05, 0.1) is 28.6 Å². The molecule has 0 aromatic heterocycles. The summed E-state index contributed by atoms with van der Waals surface area (Å²) < 4.78 is 31.8. The van der Waals surface area contributed by atoms with Gasteiger partial charge in [-0.2, -0.15) is 0 Å². The molecule has 0 spiro atoms. The Labute approximate surface area is 150 Å². The lowest BCUT2D eigenvalue weighted by atomic mass is 10.2. The zero-order valence-corrected chi connectivity index (χ0v) is 15.1. The highest BCUT2D eigenvalue weighted by atomic mass is 35.5. The molecule has 8 heteroatoms. The molecule has 0 amide bonds. The van der Waals surface area contributed by atoms with Gasteiger partial charge in [0.15, 0.2) is 0 Å². The summed E-state index contributed by atoms with van der Waals surface area (Å²) in [5.74, 6) is -0.812. The maximum absolute atomic E-state index is 12.3. The van der Waals surface area contributed by atoms with E-state index in [1.54, 1.807) is 31.2 Å². The molecule has 2 aromatic rings. The van der Waals surface area contributed by atoms with Gasteiger partial charge in [-0.05, 0) is 36.8 Å². The number of ether oxygens (including phenoxy) is 1. The first-order chi connectivity index (χ1) is 11.3. The van der Waals surface area contributed by atoms with Gasteiger partial charge in [0.2, 0.25) is 10.0 Å². The Bertz CT molecular complexity index is 853. The van der Waals surface area contributed by atoms with E-state index < -0.39 is 16.0 Å². The Balaban J connectivity index is 2.18. The molecule has 2 aromatic carbocycles. The van der Waals surface area contributed by atoms with Crippen molar-refractivity contribution >= 4 is 44.9 Å². The lowest BCUT2D eigenvalue weighted by Gasteiger charge is -2.11. The number of halogens is 2. The molecule has 0 aliphatic carbocycles. The van der Waals surface area contributed by atoms with Crippen LogP contribution in [0, 0.1) is 0 Å². The molecule has 0 saturated carbocycles. The van der Waals surface area contributed by atoms with Crippen LogP contribution >= 0.6 is 23.2 Å². The van der Waals surface area contributed by atoms with Gasteiger partial charge < -0.3 is 4.74 Å². The normalized spacial score (nSPS) is 11.1. The van der Waals surface area contributed by atoms with Crippen molar-refractivity contribution in [2.75, 3.05) is 11.3 Å². The fraction of sp³-hybridized carbons (Fsp3) is 0.188. The van der Waals surface area contributed by atoms with Crippen molar-refractivity contribution in [1.29, 1.82) is 0 Å². The number of carbonyl (C=O) groups is 1. The van der Waals surface area contributed by atoms with E-state index in [1.165, 1.54) is 18.2 Å². The number of rotatable bonds is 6. The minimum absolute atomic E-state index is 0.100. The predicted molar refractivity (Wildman–Crippen MR) is 95.1 cm³/mol. The molecule has 2 rings (SSSR count). The first-order valence-electron chi connectivity index (χ1n) is 7.03. The molecule has 0 bridgehead atoms. The number of sulfonamides is 1. The topological polar surface area (TPSA) is 72.5 Å². The molecule has 0 aliphatic heterocycles. The number of anilines is 1. The standard InChI is InChI=1S/C16H15Cl2NO4S/c1-2-23-16(20)11-7-8-15(14(18)9-11)19-24(21,22)10-12-5-3-4-6-13(12)17/h3-9,19H,2,10H2,1H3. The summed E-state index contributed by atoms with van der Waals surface area (Å²) in [6.07, 6.45) is 0. The van der Waals surface area contributed by atoms with Crippen molar-refractivity contribution in [3.63, 3.8) is 0 Å². The second-order valence-corrected chi connectivity index (χ2v) is 7.40. The zero-order chi connectivity index (χ0) is 17.7. The number of hydrogen-bond donors (Lipinski definition) is 1.